The predicted molar refractivity (Wildman–Crippen MR) is 135 cm³/mol. The summed E-state index contributed by atoms with van der Waals surface area (Å²) in [5, 5.41) is 28.5. The van der Waals surface area contributed by atoms with Crippen LogP contribution in [-0.4, -0.2) is 41.6 Å². The van der Waals surface area contributed by atoms with Crippen LogP contribution in [0.4, 0.5) is 17.1 Å². The number of hydrazone groups is 1. The van der Waals surface area contributed by atoms with Crippen molar-refractivity contribution < 1.29 is 33.6 Å². The number of methoxy groups -OCH3 is 1. The van der Waals surface area contributed by atoms with Gasteiger partial charge in [-0.1, -0.05) is 12.1 Å². The smallest absolute Gasteiger partial charge is 0.329 e. The number of amides is 2. The molecule has 0 bridgehead atoms. The maximum Gasteiger partial charge on any atom is 0.329 e. The Morgan fingerprint density at radius 3 is 2.34 bits per heavy atom. The third-order valence-corrected chi connectivity index (χ3v) is 4.78. The highest BCUT2D eigenvalue weighted by Gasteiger charge is 2.22. The molecule has 0 atom stereocenters. The SMILES string of the molecule is CCOc1ccccc1NC(=O)C(=O)NN=Cc1ccc(Oc2ccc([N+](=O)[O-])cc2[N+](=O)[O-])c(OC)c1. The Labute approximate surface area is 215 Å². The van der Waals surface area contributed by atoms with Gasteiger partial charge < -0.3 is 19.5 Å². The van der Waals surface area contributed by atoms with E-state index in [2.05, 4.69) is 15.8 Å². The van der Waals surface area contributed by atoms with E-state index in [1.807, 2.05) is 0 Å². The molecule has 0 aliphatic rings. The van der Waals surface area contributed by atoms with Crippen LogP contribution in [0.5, 0.6) is 23.0 Å². The lowest BCUT2D eigenvalue weighted by Crippen LogP contribution is -2.32. The Morgan fingerprint density at radius 2 is 1.66 bits per heavy atom. The Kier molecular flexibility index (Phi) is 8.86. The monoisotopic (exact) mass is 523 g/mol. The number of nitro groups is 2. The number of benzene rings is 3. The van der Waals surface area contributed by atoms with Gasteiger partial charge in [-0.3, -0.25) is 29.8 Å². The quantitative estimate of drug-likeness (QED) is 0.173. The van der Waals surface area contributed by atoms with Crippen molar-refractivity contribution in [2.75, 3.05) is 19.0 Å². The van der Waals surface area contributed by atoms with E-state index >= 15 is 0 Å². The Bertz CT molecular complexity index is 1410. The lowest BCUT2D eigenvalue weighted by atomic mass is 10.2. The number of nitrogens with one attached hydrogen (secondary N) is 2. The summed E-state index contributed by atoms with van der Waals surface area (Å²) in [6.07, 6.45) is 1.24. The summed E-state index contributed by atoms with van der Waals surface area (Å²) in [7, 11) is 1.33. The van der Waals surface area contributed by atoms with E-state index in [1.54, 1.807) is 31.2 Å². The molecule has 3 aromatic rings. The van der Waals surface area contributed by atoms with Gasteiger partial charge in [-0.25, -0.2) is 5.43 Å². The van der Waals surface area contributed by atoms with Crippen molar-refractivity contribution >= 4 is 35.1 Å². The third-order valence-electron chi connectivity index (χ3n) is 4.78. The molecule has 0 saturated heterocycles. The van der Waals surface area contributed by atoms with Gasteiger partial charge >= 0.3 is 17.5 Å². The zero-order chi connectivity index (χ0) is 27.7. The summed E-state index contributed by atoms with van der Waals surface area (Å²) in [6.45, 7) is 2.16. The van der Waals surface area contributed by atoms with Crippen LogP contribution in [0, 0.1) is 20.2 Å². The number of para-hydroxylation sites is 2. The largest absolute Gasteiger partial charge is 0.493 e. The first kappa shape index (κ1) is 27.1. The van der Waals surface area contributed by atoms with Gasteiger partial charge in [-0.2, -0.15) is 5.10 Å². The molecule has 2 amide bonds. The molecule has 0 spiro atoms. The molecule has 196 valence electrons. The first-order valence-electron chi connectivity index (χ1n) is 10.9. The zero-order valence-corrected chi connectivity index (χ0v) is 20.1. The number of rotatable bonds is 10. The zero-order valence-electron chi connectivity index (χ0n) is 20.1. The average molecular weight is 523 g/mol. The highest BCUT2D eigenvalue weighted by molar-refractivity contribution is 6.39. The van der Waals surface area contributed by atoms with Crippen molar-refractivity contribution in [2.24, 2.45) is 5.10 Å². The Morgan fingerprint density at radius 1 is 0.921 bits per heavy atom. The highest BCUT2D eigenvalue weighted by atomic mass is 16.6. The standard InChI is InChI=1S/C24H21N5O9/c1-3-37-19-7-5-4-6-17(19)26-23(30)24(31)27-25-14-15-8-10-21(22(12-15)36-2)38-20-11-9-16(28(32)33)13-18(20)29(34)35/h4-14H,3H2,1-2H3,(H,26,30)(H,27,31). The minimum Gasteiger partial charge on any atom is -0.493 e. The van der Waals surface area contributed by atoms with E-state index in [4.69, 9.17) is 14.2 Å². The van der Waals surface area contributed by atoms with Gasteiger partial charge in [-0.15, -0.1) is 0 Å². The number of carbonyl (C=O) groups excluding carboxylic acids is 2. The molecule has 0 aromatic heterocycles. The second-order valence-electron chi connectivity index (χ2n) is 7.26. The number of hydrogen-bond acceptors (Lipinski definition) is 10. The average Bonchev–Trinajstić information content (AvgIpc) is 2.90. The number of hydrogen-bond donors (Lipinski definition) is 2. The van der Waals surface area contributed by atoms with Crippen molar-refractivity contribution in [3.63, 3.8) is 0 Å². The third kappa shape index (κ3) is 6.78. The summed E-state index contributed by atoms with van der Waals surface area (Å²) in [5.74, 6) is -1.57. The number of anilines is 1. The molecule has 0 saturated carbocycles. The molecule has 0 aliphatic heterocycles. The first-order chi connectivity index (χ1) is 18.2. The van der Waals surface area contributed by atoms with Crippen molar-refractivity contribution in [2.45, 2.75) is 6.92 Å². The highest BCUT2D eigenvalue weighted by Crippen LogP contribution is 2.38. The maximum absolute atomic E-state index is 12.2. The van der Waals surface area contributed by atoms with Crippen LogP contribution in [-0.2, 0) is 9.59 Å². The van der Waals surface area contributed by atoms with E-state index in [9.17, 15) is 29.8 Å². The van der Waals surface area contributed by atoms with Crippen LogP contribution in [0.2, 0.25) is 0 Å². The van der Waals surface area contributed by atoms with Gasteiger partial charge in [0.05, 0.1) is 41.5 Å². The number of non-ortho nitro benzene ring substituents is 1. The van der Waals surface area contributed by atoms with Crippen molar-refractivity contribution in [3.8, 4) is 23.0 Å². The van der Waals surface area contributed by atoms with Gasteiger partial charge in [0.15, 0.2) is 11.5 Å². The topological polar surface area (TPSA) is 185 Å². The first-order valence-corrected chi connectivity index (χ1v) is 10.9. The lowest BCUT2D eigenvalue weighted by Gasteiger charge is -2.11. The fraction of sp³-hybridized carbons (Fsp3) is 0.125. The van der Waals surface area contributed by atoms with E-state index in [-0.39, 0.29) is 17.2 Å². The van der Waals surface area contributed by atoms with Gasteiger partial charge in [0, 0.05) is 6.07 Å². The van der Waals surface area contributed by atoms with Gasteiger partial charge in [0.25, 0.3) is 5.69 Å². The van der Waals surface area contributed by atoms with Gasteiger partial charge in [-0.05, 0) is 48.9 Å². The maximum atomic E-state index is 12.2. The van der Waals surface area contributed by atoms with E-state index in [1.165, 1.54) is 31.5 Å². The van der Waals surface area contributed by atoms with Crippen LogP contribution in [0.1, 0.15) is 12.5 Å². The second kappa shape index (κ2) is 12.4. The summed E-state index contributed by atoms with van der Waals surface area (Å²) in [4.78, 5) is 45.0. The molecule has 0 heterocycles. The van der Waals surface area contributed by atoms with Crippen molar-refractivity contribution in [1.82, 2.24) is 5.43 Å². The summed E-state index contributed by atoms with van der Waals surface area (Å²) >= 11 is 0. The summed E-state index contributed by atoms with van der Waals surface area (Å²) < 4.78 is 16.2. The van der Waals surface area contributed by atoms with Gasteiger partial charge in [0.2, 0.25) is 5.75 Å². The van der Waals surface area contributed by atoms with Crippen LogP contribution >= 0.6 is 0 Å². The Hall–Kier alpha value is -5.53. The number of carbonyl (C=O) groups is 2. The lowest BCUT2D eigenvalue weighted by molar-refractivity contribution is -0.394. The molecular weight excluding hydrogens is 502 g/mol. The summed E-state index contributed by atoms with van der Waals surface area (Å²) in [6, 6.07) is 14.0. The van der Waals surface area contributed by atoms with Crippen LogP contribution in [0.3, 0.4) is 0 Å². The van der Waals surface area contributed by atoms with E-state index < -0.39 is 33.0 Å². The van der Waals surface area contributed by atoms with Crippen LogP contribution in [0.15, 0.2) is 65.8 Å². The van der Waals surface area contributed by atoms with Gasteiger partial charge in [0.1, 0.15) is 5.75 Å². The van der Waals surface area contributed by atoms with E-state index in [0.29, 0.717) is 23.6 Å². The van der Waals surface area contributed by atoms with Crippen LogP contribution < -0.4 is 25.0 Å². The molecule has 0 fully saturated rings. The minimum absolute atomic E-state index is 0.0815. The number of nitro benzene ring substituents is 2. The molecule has 0 aliphatic carbocycles. The summed E-state index contributed by atoms with van der Waals surface area (Å²) in [5.41, 5.74) is 1.79. The minimum atomic E-state index is -1.02. The van der Waals surface area contributed by atoms with Crippen molar-refractivity contribution in [3.05, 3.63) is 86.5 Å². The number of ether oxygens (including phenoxy) is 3. The molecule has 0 unspecified atom stereocenters. The molecule has 3 aromatic carbocycles. The molecular formula is C24H21N5O9. The fourth-order valence-corrected chi connectivity index (χ4v) is 3.06. The molecule has 14 nitrogen and oxygen atoms in total. The normalized spacial score (nSPS) is 10.5. The molecule has 38 heavy (non-hydrogen) atoms. The molecule has 3 rings (SSSR count). The number of nitrogens with zero attached hydrogens (tertiary/aromatic N) is 3. The Balaban J connectivity index is 1.69. The van der Waals surface area contributed by atoms with Crippen LogP contribution in [0.25, 0.3) is 0 Å². The van der Waals surface area contributed by atoms with E-state index in [0.717, 1.165) is 18.2 Å². The predicted octanol–water partition coefficient (Wildman–Crippen LogP) is 3.79. The molecule has 14 heteroatoms. The fourth-order valence-electron chi connectivity index (χ4n) is 3.06. The second-order valence-corrected chi connectivity index (χ2v) is 7.26. The van der Waals surface area contributed by atoms with Crippen molar-refractivity contribution in [1.29, 1.82) is 0 Å². The molecule has 0 radical (unpaired) electrons. The molecule has 2 N–H and O–H groups in total.